The summed E-state index contributed by atoms with van der Waals surface area (Å²) in [4.78, 5) is 27.1. The molecule has 134 valence electrons. The van der Waals surface area contributed by atoms with Gasteiger partial charge in [-0.25, -0.2) is 15.0 Å². The molecule has 3 rings (SSSR count). The summed E-state index contributed by atoms with van der Waals surface area (Å²) < 4.78 is 7.75. The summed E-state index contributed by atoms with van der Waals surface area (Å²) >= 11 is 0. The maximum Gasteiger partial charge on any atom is 0.224 e. The average Bonchev–Trinajstić information content (AvgIpc) is 2.97. The van der Waals surface area contributed by atoms with Crippen molar-refractivity contribution in [3.8, 4) is 0 Å². The highest BCUT2D eigenvalue weighted by Gasteiger charge is 2.23. The second-order valence-electron chi connectivity index (χ2n) is 6.33. The van der Waals surface area contributed by atoms with Crippen LogP contribution < -0.4 is 0 Å². The summed E-state index contributed by atoms with van der Waals surface area (Å²) in [7, 11) is 0. The molecule has 1 saturated heterocycles. The van der Waals surface area contributed by atoms with Crippen molar-refractivity contribution in [3.05, 3.63) is 42.5 Å². The van der Waals surface area contributed by atoms with Crippen LogP contribution in [0, 0.1) is 5.92 Å². The van der Waals surface area contributed by atoms with E-state index in [1.807, 2.05) is 17.2 Å². The van der Waals surface area contributed by atoms with E-state index in [0.29, 0.717) is 39.3 Å². The van der Waals surface area contributed by atoms with Gasteiger partial charge in [0.2, 0.25) is 5.91 Å². The topological polar surface area (TPSA) is 73.1 Å². The van der Waals surface area contributed by atoms with Crippen LogP contribution in [0.15, 0.2) is 31.0 Å². The SMILES string of the molecule is CCc1nccn1CCC(=O)N1CCOC[C@@H](Cc2ccncn2)C1. The molecule has 3 heterocycles. The van der Waals surface area contributed by atoms with E-state index in [1.165, 1.54) is 0 Å². The Balaban J connectivity index is 1.55. The first-order chi connectivity index (χ1) is 12.3. The lowest BCUT2D eigenvalue weighted by Crippen LogP contribution is -2.37. The fourth-order valence-corrected chi connectivity index (χ4v) is 3.20. The summed E-state index contributed by atoms with van der Waals surface area (Å²) in [6.45, 7) is 5.38. The monoisotopic (exact) mass is 343 g/mol. The lowest BCUT2D eigenvalue weighted by Gasteiger charge is -2.23. The van der Waals surface area contributed by atoms with Gasteiger partial charge in [-0.3, -0.25) is 4.79 Å². The number of hydrogen-bond donors (Lipinski definition) is 0. The van der Waals surface area contributed by atoms with Gasteiger partial charge in [-0.1, -0.05) is 6.92 Å². The van der Waals surface area contributed by atoms with E-state index in [1.54, 1.807) is 18.7 Å². The van der Waals surface area contributed by atoms with Crippen LogP contribution >= 0.6 is 0 Å². The number of carbonyl (C=O) groups is 1. The largest absolute Gasteiger partial charge is 0.379 e. The predicted molar refractivity (Wildman–Crippen MR) is 92.8 cm³/mol. The molecule has 7 heteroatoms. The van der Waals surface area contributed by atoms with Crippen molar-refractivity contribution in [2.75, 3.05) is 26.3 Å². The van der Waals surface area contributed by atoms with Gasteiger partial charge in [-0.05, 0) is 12.5 Å². The van der Waals surface area contributed by atoms with Crippen LogP contribution in [-0.2, 0) is 28.9 Å². The Bertz CT molecular complexity index is 673. The average molecular weight is 343 g/mol. The fourth-order valence-electron chi connectivity index (χ4n) is 3.20. The Morgan fingerprint density at radius 2 is 2.28 bits per heavy atom. The number of carbonyl (C=O) groups excluding carboxylic acids is 1. The van der Waals surface area contributed by atoms with Gasteiger partial charge in [-0.2, -0.15) is 0 Å². The molecule has 1 aliphatic rings. The zero-order chi connectivity index (χ0) is 17.5. The summed E-state index contributed by atoms with van der Waals surface area (Å²) in [6, 6.07) is 1.92. The molecule has 0 bridgehead atoms. The molecule has 0 N–H and O–H groups in total. The van der Waals surface area contributed by atoms with Crippen molar-refractivity contribution in [1.29, 1.82) is 0 Å². The third-order valence-corrected chi connectivity index (χ3v) is 4.52. The molecule has 0 saturated carbocycles. The van der Waals surface area contributed by atoms with Crippen molar-refractivity contribution in [3.63, 3.8) is 0 Å². The highest BCUT2D eigenvalue weighted by molar-refractivity contribution is 5.76. The molecule has 25 heavy (non-hydrogen) atoms. The number of amides is 1. The smallest absolute Gasteiger partial charge is 0.224 e. The minimum Gasteiger partial charge on any atom is -0.379 e. The van der Waals surface area contributed by atoms with E-state index in [4.69, 9.17) is 4.74 Å². The van der Waals surface area contributed by atoms with E-state index in [-0.39, 0.29) is 11.8 Å². The number of hydrogen-bond acceptors (Lipinski definition) is 5. The summed E-state index contributed by atoms with van der Waals surface area (Å²) in [6.07, 6.45) is 9.21. The summed E-state index contributed by atoms with van der Waals surface area (Å²) in [5.74, 6) is 1.46. The molecule has 0 radical (unpaired) electrons. The van der Waals surface area contributed by atoms with E-state index >= 15 is 0 Å². The van der Waals surface area contributed by atoms with Gasteiger partial charge in [0.1, 0.15) is 12.2 Å². The van der Waals surface area contributed by atoms with E-state index < -0.39 is 0 Å². The molecule has 7 nitrogen and oxygen atoms in total. The molecule has 1 amide bonds. The van der Waals surface area contributed by atoms with E-state index in [0.717, 1.165) is 24.4 Å². The van der Waals surface area contributed by atoms with Gasteiger partial charge in [0, 0.05) is 62.7 Å². The highest BCUT2D eigenvalue weighted by Crippen LogP contribution is 2.13. The first kappa shape index (κ1) is 17.5. The maximum absolute atomic E-state index is 12.7. The Kier molecular flexibility index (Phi) is 6.11. The van der Waals surface area contributed by atoms with Gasteiger partial charge in [0.15, 0.2) is 0 Å². The van der Waals surface area contributed by atoms with Gasteiger partial charge in [0.05, 0.1) is 13.2 Å². The first-order valence-corrected chi connectivity index (χ1v) is 8.86. The van der Waals surface area contributed by atoms with Crippen molar-refractivity contribution < 1.29 is 9.53 Å². The lowest BCUT2D eigenvalue weighted by atomic mass is 10.0. The molecular formula is C18H25N5O2. The van der Waals surface area contributed by atoms with Crippen LogP contribution in [0.5, 0.6) is 0 Å². The third kappa shape index (κ3) is 4.85. The van der Waals surface area contributed by atoms with Crippen LogP contribution in [0.25, 0.3) is 0 Å². The number of imidazole rings is 1. The van der Waals surface area contributed by atoms with Crippen LogP contribution in [-0.4, -0.2) is 56.6 Å². The molecule has 2 aromatic heterocycles. The second kappa shape index (κ2) is 8.71. The van der Waals surface area contributed by atoms with E-state index in [9.17, 15) is 4.79 Å². The zero-order valence-electron chi connectivity index (χ0n) is 14.7. The molecule has 1 fully saturated rings. The minimum atomic E-state index is 0.175. The number of aryl methyl sites for hydroxylation is 2. The van der Waals surface area contributed by atoms with Crippen LogP contribution in [0.4, 0.5) is 0 Å². The van der Waals surface area contributed by atoms with Crippen LogP contribution in [0.1, 0.15) is 24.9 Å². The lowest BCUT2D eigenvalue weighted by molar-refractivity contribution is -0.131. The molecular weight excluding hydrogens is 318 g/mol. The fraction of sp³-hybridized carbons (Fsp3) is 0.556. The Morgan fingerprint density at radius 1 is 1.36 bits per heavy atom. The number of rotatable bonds is 6. The van der Waals surface area contributed by atoms with Crippen LogP contribution in [0.2, 0.25) is 0 Å². The summed E-state index contributed by atoms with van der Waals surface area (Å²) in [5.41, 5.74) is 0.990. The molecule has 2 aromatic rings. The maximum atomic E-state index is 12.7. The molecule has 0 aliphatic carbocycles. The van der Waals surface area contributed by atoms with Gasteiger partial charge in [-0.15, -0.1) is 0 Å². The number of ether oxygens (including phenoxy) is 1. The molecule has 1 aliphatic heterocycles. The molecule has 0 unspecified atom stereocenters. The Labute approximate surface area is 148 Å². The molecule has 0 aromatic carbocycles. The van der Waals surface area contributed by atoms with Gasteiger partial charge < -0.3 is 14.2 Å². The predicted octanol–water partition coefficient (Wildman–Crippen LogP) is 1.34. The quantitative estimate of drug-likeness (QED) is 0.791. The second-order valence-corrected chi connectivity index (χ2v) is 6.33. The number of aromatic nitrogens is 4. The minimum absolute atomic E-state index is 0.175. The Morgan fingerprint density at radius 3 is 3.08 bits per heavy atom. The summed E-state index contributed by atoms with van der Waals surface area (Å²) in [5, 5.41) is 0. The normalized spacial score (nSPS) is 18.1. The zero-order valence-corrected chi connectivity index (χ0v) is 14.7. The van der Waals surface area contributed by atoms with Gasteiger partial charge >= 0.3 is 0 Å². The van der Waals surface area contributed by atoms with Crippen molar-refractivity contribution in [2.45, 2.75) is 32.7 Å². The van der Waals surface area contributed by atoms with Crippen LogP contribution in [0.3, 0.4) is 0 Å². The number of nitrogens with zero attached hydrogens (tertiary/aromatic N) is 5. The van der Waals surface area contributed by atoms with Crippen molar-refractivity contribution in [2.24, 2.45) is 5.92 Å². The Hall–Kier alpha value is -2.28. The van der Waals surface area contributed by atoms with Crippen molar-refractivity contribution >= 4 is 5.91 Å². The highest BCUT2D eigenvalue weighted by atomic mass is 16.5. The van der Waals surface area contributed by atoms with E-state index in [2.05, 4.69) is 26.4 Å². The molecule has 1 atom stereocenters. The first-order valence-electron chi connectivity index (χ1n) is 8.86. The van der Waals surface area contributed by atoms with Gasteiger partial charge in [0.25, 0.3) is 0 Å². The van der Waals surface area contributed by atoms with Crippen molar-refractivity contribution in [1.82, 2.24) is 24.4 Å². The standard InChI is InChI=1S/C18H25N5O2/c1-2-17-20-6-8-22(17)7-4-18(24)23-9-10-25-13-15(12-23)11-16-3-5-19-14-21-16/h3,5-6,8,14-15H,2,4,7,9-13H2,1H3/t15-/m0/s1. The third-order valence-electron chi connectivity index (χ3n) is 4.52. The molecule has 0 spiro atoms.